The van der Waals surface area contributed by atoms with E-state index in [1.165, 1.54) is 11.3 Å². The zero-order chi connectivity index (χ0) is 18.6. The Hall–Kier alpha value is -2.62. The van der Waals surface area contributed by atoms with Gasteiger partial charge < -0.3 is 9.80 Å². The molecule has 0 fully saturated rings. The summed E-state index contributed by atoms with van der Waals surface area (Å²) in [6, 6.07) is 7.84. The summed E-state index contributed by atoms with van der Waals surface area (Å²) in [5.41, 5.74) is 2.40. The molecule has 2 aromatic rings. The van der Waals surface area contributed by atoms with Gasteiger partial charge in [-0.2, -0.15) is 0 Å². The fourth-order valence-electron chi connectivity index (χ4n) is 3.32. The normalized spacial score (nSPS) is 16.6. The lowest BCUT2D eigenvalue weighted by Crippen LogP contribution is -2.24. The number of carbonyl (C=O) groups excluding carboxylic acids is 2. The second-order valence-corrected chi connectivity index (χ2v) is 8.50. The van der Waals surface area contributed by atoms with E-state index in [0.717, 1.165) is 19.5 Å². The third-order valence-corrected chi connectivity index (χ3v) is 6.51. The Kier molecular flexibility index (Phi) is 3.87. The van der Waals surface area contributed by atoms with Crippen LogP contribution < -0.4 is 0 Å². The number of rotatable bonds is 2. The minimum Gasteiger partial charge on any atom is -0.309 e. The molecular formula is C20H16N2O2S2. The van der Waals surface area contributed by atoms with Crippen molar-refractivity contribution in [2.45, 2.75) is 13.8 Å². The van der Waals surface area contributed by atoms with Gasteiger partial charge in [0.05, 0.1) is 37.2 Å². The topological polar surface area (TPSA) is 40.6 Å². The average molecular weight is 380 g/mol. The minimum atomic E-state index is -0.134. The summed E-state index contributed by atoms with van der Waals surface area (Å²) in [5, 5.41) is 0. The van der Waals surface area contributed by atoms with Gasteiger partial charge in [0.25, 0.3) is 11.8 Å². The molecule has 4 heterocycles. The van der Waals surface area contributed by atoms with Gasteiger partial charge in [0, 0.05) is 19.0 Å². The van der Waals surface area contributed by atoms with Gasteiger partial charge in [-0.3, -0.25) is 9.59 Å². The van der Waals surface area contributed by atoms with Gasteiger partial charge in [0.2, 0.25) is 0 Å². The van der Waals surface area contributed by atoms with E-state index in [9.17, 15) is 9.59 Å². The molecule has 0 spiro atoms. The maximum absolute atomic E-state index is 13.0. The molecule has 0 bridgehead atoms. The quantitative estimate of drug-likeness (QED) is 0.748. The first-order valence-electron chi connectivity index (χ1n) is 8.08. The SMILES string of the molecule is CC#Cc1ccc(C2=C3C(=O)N(C)C(c4ccc(C)s4)=C3C(=O)N2C)s1. The van der Waals surface area contributed by atoms with Crippen LogP contribution in [0.3, 0.4) is 0 Å². The number of hydrogen-bond donors (Lipinski definition) is 0. The van der Waals surface area contributed by atoms with E-state index < -0.39 is 0 Å². The fraction of sp³-hybridized carbons (Fsp3) is 0.200. The van der Waals surface area contributed by atoms with E-state index in [2.05, 4.69) is 11.8 Å². The van der Waals surface area contributed by atoms with Gasteiger partial charge in [-0.1, -0.05) is 5.92 Å². The fourth-order valence-corrected chi connectivity index (χ4v) is 5.27. The lowest BCUT2D eigenvalue weighted by atomic mass is 10.1. The Morgan fingerprint density at radius 2 is 1.38 bits per heavy atom. The highest BCUT2D eigenvalue weighted by Crippen LogP contribution is 2.47. The van der Waals surface area contributed by atoms with E-state index in [1.807, 2.05) is 31.2 Å². The molecule has 0 radical (unpaired) electrons. The van der Waals surface area contributed by atoms with Crippen LogP contribution in [0, 0.1) is 18.8 Å². The standard InChI is InChI=1S/C20H16N2O2S2/c1-5-6-12-8-10-14(26-12)18-16-15(19(23)22(18)4)17(21(3)20(16)24)13-9-7-11(2)25-13/h7-10H,1-4H3. The first kappa shape index (κ1) is 16.8. The minimum absolute atomic E-state index is 0.134. The molecule has 0 saturated carbocycles. The largest absolute Gasteiger partial charge is 0.309 e. The van der Waals surface area contributed by atoms with Gasteiger partial charge in [0.15, 0.2) is 0 Å². The maximum Gasteiger partial charge on any atom is 0.261 e. The second kappa shape index (κ2) is 5.97. The second-order valence-electron chi connectivity index (χ2n) is 6.12. The number of aryl methyl sites for hydroxylation is 1. The molecule has 2 aliphatic rings. The van der Waals surface area contributed by atoms with Crippen LogP contribution >= 0.6 is 22.7 Å². The van der Waals surface area contributed by atoms with Gasteiger partial charge in [-0.25, -0.2) is 0 Å². The highest BCUT2D eigenvalue weighted by Gasteiger charge is 2.47. The monoisotopic (exact) mass is 380 g/mol. The lowest BCUT2D eigenvalue weighted by Gasteiger charge is -2.18. The van der Waals surface area contributed by atoms with Crippen molar-refractivity contribution in [1.29, 1.82) is 0 Å². The molecule has 130 valence electrons. The Labute approximate surface area is 160 Å². The van der Waals surface area contributed by atoms with Crippen LogP contribution in [0.5, 0.6) is 0 Å². The third kappa shape index (κ3) is 2.28. The summed E-state index contributed by atoms with van der Waals surface area (Å²) in [4.78, 5) is 33.1. The van der Waals surface area contributed by atoms with Gasteiger partial charge in [-0.15, -0.1) is 28.6 Å². The summed E-state index contributed by atoms with van der Waals surface area (Å²) in [6.45, 7) is 3.81. The van der Waals surface area contributed by atoms with E-state index in [0.29, 0.717) is 22.5 Å². The van der Waals surface area contributed by atoms with E-state index in [4.69, 9.17) is 0 Å². The van der Waals surface area contributed by atoms with Crippen molar-refractivity contribution >= 4 is 45.9 Å². The molecule has 2 aliphatic heterocycles. The molecule has 6 heteroatoms. The van der Waals surface area contributed by atoms with Crippen LogP contribution in [0.15, 0.2) is 35.4 Å². The third-order valence-electron chi connectivity index (χ3n) is 4.49. The van der Waals surface area contributed by atoms with Crippen molar-refractivity contribution in [3.63, 3.8) is 0 Å². The van der Waals surface area contributed by atoms with Gasteiger partial charge in [-0.05, 0) is 38.1 Å². The molecule has 4 nitrogen and oxygen atoms in total. The molecular weight excluding hydrogens is 364 g/mol. The molecule has 0 atom stereocenters. The summed E-state index contributed by atoms with van der Waals surface area (Å²) in [6.07, 6.45) is 0. The molecule has 0 aromatic carbocycles. The first-order valence-corrected chi connectivity index (χ1v) is 9.72. The van der Waals surface area contributed by atoms with Crippen LogP contribution in [-0.2, 0) is 9.59 Å². The van der Waals surface area contributed by atoms with Crippen molar-refractivity contribution in [3.8, 4) is 11.8 Å². The number of fused-ring (bicyclic) bond motifs is 1. The Morgan fingerprint density at radius 1 is 0.846 bits per heavy atom. The summed E-state index contributed by atoms with van der Waals surface area (Å²) in [5.74, 6) is 5.64. The van der Waals surface area contributed by atoms with Gasteiger partial charge >= 0.3 is 0 Å². The van der Waals surface area contributed by atoms with Crippen LogP contribution in [0.4, 0.5) is 0 Å². The highest BCUT2D eigenvalue weighted by molar-refractivity contribution is 7.14. The number of likely N-dealkylation sites (N-methyl/N-ethyl adjacent to an activating group) is 2. The summed E-state index contributed by atoms with van der Waals surface area (Å²) < 4.78 is 0. The van der Waals surface area contributed by atoms with Gasteiger partial charge in [0.1, 0.15) is 0 Å². The smallest absolute Gasteiger partial charge is 0.261 e. The van der Waals surface area contributed by atoms with Crippen molar-refractivity contribution < 1.29 is 9.59 Å². The van der Waals surface area contributed by atoms with Crippen LogP contribution in [0.1, 0.15) is 26.4 Å². The van der Waals surface area contributed by atoms with Crippen LogP contribution in [-0.4, -0.2) is 35.7 Å². The zero-order valence-electron chi connectivity index (χ0n) is 14.8. The van der Waals surface area contributed by atoms with Crippen LogP contribution in [0.2, 0.25) is 0 Å². The molecule has 26 heavy (non-hydrogen) atoms. The molecule has 0 unspecified atom stereocenters. The van der Waals surface area contributed by atoms with E-state index in [-0.39, 0.29) is 11.8 Å². The van der Waals surface area contributed by atoms with Crippen molar-refractivity contribution in [3.05, 3.63) is 54.9 Å². The number of amides is 2. The zero-order valence-corrected chi connectivity index (χ0v) is 16.5. The molecule has 0 aliphatic carbocycles. The summed E-state index contributed by atoms with van der Waals surface area (Å²) in [7, 11) is 3.46. The number of nitrogens with zero attached hydrogens (tertiary/aromatic N) is 2. The van der Waals surface area contributed by atoms with E-state index >= 15 is 0 Å². The maximum atomic E-state index is 13.0. The lowest BCUT2D eigenvalue weighted by molar-refractivity contribution is -0.123. The number of carbonyl (C=O) groups is 2. The van der Waals surface area contributed by atoms with Crippen molar-refractivity contribution in [2.24, 2.45) is 0 Å². The number of thiophene rings is 2. The van der Waals surface area contributed by atoms with Crippen LogP contribution in [0.25, 0.3) is 11.4 Å². The molecule has 0 saturated heterocycles. The predicted molar refractivity (Wildman–Crippen MR) is 105 cm³/mol. The van der Waals surface area contributed by atoms with Crippen molar-refractivity contribution in [2.75, 3.05) is 14.1 Å². The first-order chi connectivity index (χ1) is 12.4. The van der Waals surface area contributed by atoms with Crippen molar-refractivity contribution in [1.82, 2.24) is 9.80 Å². The molecule has 2 aromatic heterocycles. The molecule has 0 N–H and O–H groups in total. The Balaban J connectivity index is 1.96. The summed E-state index contributed by atoms with van der Waals surface area (Å²) >= 11 is 3.09. The number of hydrogen-bond acceptors (Lipinski definition) is 4. The molecule has 4 rings (SSSR count). The van der Waals surface area contributed by atoms with E-state index in [1.54, 1.807) is 42.2 Å². The average Bonchev–Trinajstić information content (AvgIpc) is 3.34. The Bertz CT molecular complexity index is 1090. The highest BCUT2D eigenvalue weighted by atomic mass is 32.1. The predicted octanol–water partition coefficient (Wildman–Crippen LogP) is 3.56. The molecule has 2 amide bonds. The Morgan fingerprint density at radius 3 is 1.88 bits per heavy atom.